The minimum absolute atomic E-state index is 0.192. The van der Waals surface area contributed by atoms with E-state index in [-0.39, 0.29) is 5.95 Å². The fourth-order valence-electron chi connectivity index (χ4n) is 2.59. The summed E-state index contributed by atoms with van der Waals surface area (Å²) in [5.41, 5.74) is 6.74. The number of nitrogens with zero attached hydrogens (tertiary/aromatic N) is 3. The lowest BCUT2D eigenvalue weighted by Crippen LogP contribution is -2.06. The number of benzene rings is 2. The monoisotopic (exact) mass is 381 g/mol. The highest BCUT2D eigenvalue weighted by atomic mass is 32.2. The van der Waals surface area contributed by atoms with Crippen LogP contribution in [0.5, 0.6) is 11.5 Å². The first-order valence-electron chi connectivity index (χ1n) is 8.61. The van der Waals surface area contributed by atoms with Crippen LogP contribution >= 0.6 is 11.8 Å². The summed E-state index contributed by atoms with van der Waals surface area (Å²) in [6, 6.07) is 15.6. The summed E-state index contributed by atoms with van der Waals surface area (Å²) in [5.74, 6) is 3.36. The molecule has 8 heteroatoms. The molecule has 2 aromatic carbocycles. The first-order chi connectivity index (χ1) is 13.3. The summed E-state index contributed by atoms with van der Waals surface area (Å²) in [6.07, 6.45) is 0.887. The van der Waals surface area contributed by atoms with Gasteiger partial charge in [0, 0.05) is 17.0 Å². The SMILES string of the molecule is Nc1nc(CSc2ccc3c(c2)OCCCO3)nc(Nc2ccccc2)n1. The van der Waals surface area contributed by atoms with Gasteiger partial charge in [0.15, 0.2) is 11.5 Å². The number of aromatic nitrogens is 3. The molecule has 0 fully saturated rings. The second kappa shape index (κ2) is 8.13. The van der Waals surface area contributed by atoms with E-state index in [9.17, 15) is 0 Å². The molecular weight excluding hydrogens is 362 g/mol. The van der Waals surface area contributed by atoms with Crippen LogP contribution in [0.1, 0.15) is 12.2 Å². The number of para-hydroxylation sites is 1. The second-order valence-corrected chi connectivity index (χ2v) is 6.92. The number of nitrogen functional groups attached to an aromatic ring is 1. The molecule has 0 saturated heterocycles. The van der Waals surface area contributed by atoms with Crippen molar-refractivity contribution in [3.8, 4) is 11.5 Å². The van der Waals surface area contributed by atoms with Crippen molar-refractivity contribution < 1.29 is 9.47 Å². The number of fused-ring (bicyclic) bond motifs is 1. The van der Waals surface area contributed by atoms with Gasteiger partial charge < -0.3 is 20.5 Å². The van der Waals surface area contributed by atoms with Gasteiger partial charge in [0.1, 0.15) is 5.82 Å². The van der Waals surface area contributed by atoms with Crippen molar-refractivity contribution in [2.45, 2.75) is 17.1 Å². The van der Waals surface area contributed by atoms with Gasteiger partial charge in [0.05, 0.1) is 19.0 Å². The van der Waals surface area contributed by atoms with Crippen molar-refractivity contribution in [3.05, 3.63) is 54.4 Å². The summed E-state index contributed by atoms with van der Waals surface area (Å²) < 4.78 is 11.4. The summed E-state index contributed by atoms with van der Waals surface area (Å²) in [5, 5.41) is 3.14. The molecule has 0 bridgehead atoms. The third kappa shape index (κ3) is 4.59. The van der Waals surface area contributed by atoms with Crippen molar-refractivity contribution in [2.24, 2.45) is 0 Å². The summed E-state index contributed by atoms with van der Waals surface area (Å²) >= 11 is 1.61. The average Bonchev–Trinajstić information content (AvgIpc) is 2.92. The molecule has 1 aliphatic heterocycles. The first kappa shape index (κ1) is 17.4. The van der Waals surface area contributed by atoms with Gasteiger partial charge in [0.2, 0.25) is 11.9 Å². The molecule has 3 N–H and O–H groups in total. The standard InChI is InChI=1S/C19H19N5O2S/c20-18-22-17(23-19(24-18)21-13-5-2-1-3-6-13)12-27-14-7-8-15-16(11-14)26-10-4-9-25-15/h1-3,5-8,11H,4,9-10,12H2,(H3,20,21,22,23,24). The number of nitrogens with two attached hydrogens (primary N) is 1. The van der Waals surface area contributed by atoms with E-state index in [1.165, 1.54) is 0 Å². The highest BCUT2D eigenvalue weighted by Crippen LogP contribution is 2.34. The highest BCUT2D eigenvalue weighted by Gasteiger charge is 2.12. The van der Waals surface area contributed by atoms with E-state index in [1.807, 2.05) is 48.5 Å². The molecule has 0 amide bonds. The third-order valence-electron chi connectivity index (χ3n) is 3.82. The number of anilines is 3. The molecule has 4 rings (SSSR count). The van der Waals surface area contributed by atoms with Crippen molar-refractivity contribution in [1.29, 1.82) is 0 Å². The maximum absolute atomic E-state index is 5.84. The quantitative estimate of drug-likeness (QED) is 0.647. The Labute approximate surface area is 161 Å². The Morgan fingerprint density at radius 2 is 1.78 bits per heavy atom. The molecule has 0 radical (unpaired) electrons. The van der Waals surface area contributed by atoms with Crippen molar-refractivity contribution in [2.75, 3.05) is 24.3 Å². The Balaban J connectivity index is 1.46. The first-order valence-corrected chi connectivity index (χ1v) is 9.60. The number of thioether (sulfide) groups is 1. The number of hydrogen-bond donors (Lipinski definition) is 2. The molecule has 27 heavy (non-hydrogen) atoms. The van der Waals surface area contributed by atoms with Gasteiger partial charge in [-0.1, -0.05) is 18.2 Å². The normalized spacial score (nSPS) is 13.0. The average molecular weight is 381 g/mol. The molecule has 0 saturated carbocycles. The molecule has 0 spiro atoms. The number of ether oxygens (including phenoxy) is 2. The smallest absolute Gasteiger partial charge is 0.232 e. The predicted octanol–water partition coefficient (Wildman–Crippen LogP) is 3.65. The van der Waals surface area contributed by atoms with Crippen LogP contribution in [0.25, 0.3) is 0 Å². The molecule has 138 valence electrons. The zero-order valence-electron chi connectivity index (χ0n) is 14.6. The number of rotatable bonds is 5. The minimum Gasteiger partial charge on any atom is -0.490 e. The fraction of sp³-hybridized carbons (Fsp3) is 0.211. The van der Waals surface area contributed by atoms with E-state index >= 15 is 0 Å². The summed E-state index contributed by atoms with van der Waals surface area (Å²) in [6.45, 7) is 1.35. The molecule has 1 aliphatic rings. The zero-order chi connectivity index (χ0) is 18.5. The molecular formula is C19H19N5O2S. The minimum atomic E-state index is 0.192. The maximum atomic E-state index is 5.84. The number of hydrogen-bond acceptors (Lipinski definition) is 8. The molecule has 2 heterocycles. The van der Waals surface area contributed by atoms with Gasteiger partial charge in [-0.3, -0.25) is 0 Å². The maximum Gasteiger partial charge on any atom is 0.232 e. The molecule has 0 unspecified atom stereocenters. The van der Waals surface area contributed by atoms with Crippen LogP contribution in [0.3, 0.4) is 0 Å². The van der Waals surface area contributed by atoms with Crippen molar-refractivity contribution in [3.63, 3.8) is 0 Å². The van der Waals surface area contributed by atoms with Gasteiger partial charge in [-0.15, -0.1) is 11.8 Å². The molecule has 0 atom stereocenters. The van der Waals surface area contributed by atoms with Crippen LogP contribution in [0.2, 0.25) is 0 Å². The summed E-state index contributed by atoms with van der Waals surface area (Å²) in [4.78, 5) is 13.9. The Morgan fingerprint density at radius 3 is 2.63 bits per heavy atom. The molecule has 7 nitrogen and oxygen atoms in total. The zero-order valence-corrected chi connectivity index (χ0v) is 15.4. The van der Waals surface area contributed by atoms with Crippen molar-refractivity contribution in [1.82, 2.24) is 15.0 Å². The Hall–Kier alpha value is -3.00. The van der Waals surface area contributed by atoms with E-state index in [4.69, 9.17) is 15.2 Å². The molecule has 3 aromatic rings. The second-order valence-electron chi connectivity index (χ2n) is 5.87. The van der Waals surface area contributed by atoms with Gasteiger partial charge in [0.25, 0.3) is 0 Å². The van der Waals surface area contributed by atoms with Crippen LogP contribution in [-0.4, -0.2) is 28.2 Å². The topological polar surface area (TPSA) is 95.2 Å². The largest absolute Gasteiger partial charge is 0.490 e. The lowest BCUT2D eigenvalue weighted by molar-refractivity contribution is 0.297. The Morgan fingerprint density at radius 1 is 0.963 bits per heavy atom. The van der Waals surface area contributed by atoms with Crippen LogP contribution in [0, 0.1) is 0 Å². The van der Waals surface area contributed by atoms with Gasteiger partial charge >= 0.3 is 0 Å². The molecule has 0 aliphatic carbocycles. The van der Waals surface area contributed by atoms with Crippen LogP contribution < -0.4 is 20.5 Å². The Bertz CT molecular complexity index is 923. The van der Waals surface area contributed by atoms with Gasteiger partial charge in [-0.05, 0) is 30.3 Å². The van der Waals surface area contributed by atoms with E-state index < -0.39 is 0 Å². The van der Waals surface area contributed by atoms with E-state index in [0.717, 1.165) is 28.5 Å². The summed E-state index contributed by atoms with van der Waals surface area (Å²) in [7, 11) is 0. The van der Waals surface area contributed by atoms with Crippen molar-refractivity contribution >= 4 is 29.3 Å². The van der Waals surface area contributed by atoms with Crippen LogP contribution in [-0.2, 0) is 5.75 Å². The predicted molar refractivity (Wildman–Crippen MR) is 106 cm³/mol. The Kier molecular flexibility index (Phi) is 5.24. The third-order valence-corrected chi connectivity index (χ3v) is 4.81. The fourth-order valence-corrected chi connectivity index (χ4v) is 3.37. The van der Waals surface area contributed by atoms with Crippen LogP contribution in [0.4, 0.5) is 17.6 Å². The van der Waals surface area contributed by atoms with E-state index in [2.05, 4.69) is 20.3 Å². The lowest BCUT2D eigenvalue weighted by Gasteiger charge is -2.09. The number of nitrogens with one attached hydrogen (secondary N) is 1. The van der Waals surface area contributed by atoms with Gasteiger partial charge in [-0.25, -0.2) is 0 Å². The van der Waals surface area contributed by atoms with Gasteiger partial charge in [-0.2, -0.15) is 15.0 Å². The lowest BCUT2D eigenvalue weighted by atomic mass is 10.3. The highest BCUT2D eigenvalue weighted by molar-refractivity contribution is 7.98. The van der Waals surface area contributed by atoms with Crippen LogP contribution in [0.15, 0.2) is 53.4 Å². The molecule has 1 aromatic heterocycles. The van der Waals surface area contributed by atoms with E-state index in [1.54, 1.807) is 11.8 Å². The van der Waals surface area contributed by atoms with E-state index in [0.29, 0.717) is 30.7 Å².